The van der Waals surface area contributed by atoms with Gasteiger partial charge in [0.25, 0.3) is 0 Å². The van der Waals surface area contributed by atoms with E-state index in [1.54, 1.807) is 4.90 Å². The molecule has 1 amide bonds. The quantitative estimate of drug-likeness (QED) is 0.794. The summed E-state index contributed by atoms with van der Waals surface area (Å²) in [4.78, 5) is 18.7. The Bertz CT molecular complexity index is 767. The monoisotopic (exact) mass is 412 g/mol. The molecule has 0 aromatic carbocycles. The second kappa shape index (κ2) is 7.85. The number of pyridine rings is 1. The van der Waals surface area contributed by atoms with Crippen LogP contribution in [-0.4, -0.2) is 53.2 Å². The van der Waals surface area contributed by atoms with Crippen molar-refractivity contribution >= 4 is 5.91 Å². The Hall–Kier alpha value is -1.71. The van der Waals surface area contributed by atoms with Gasteiger partial charge in [-0.1, -0.05) is 0 Å². The summed E-state index contributed by atoms with van der Waals surface area (Å²) in [6, 6.07) is 1.68. The molecule has 3 N–H and O–H groups in total. The smallest absolute Gasteiger partial charge is 0.381 e. The summed E-state index contributed by atoms with van der Waals surface area (Å²) in [5.41, 5.74) is 5.83. The number of alkyl halides is 3. The maximum absolute atomic E-state index is 13.2. The molecule has 160 valence electrons. The van der Waals surface area contributed by atoms with Gasteiger partial charge in [-0.2, -0.15) is 13.2 Å². The molecule has 1 saturated heterocycles. The van der Waals surface area contributed by atoms with E-state index in [1.807, 2.05) is 0 Å². The molecule has 3 aliphatic rings. The first-order chi connectivity index (χ1) is 13.7. The van der Waals surface area contributed by atoms with Gasteiger partial charge in [0.15, 0.2) is 0 Å². The van der Waals surface area contributed by atoms with Crippen LogP contribution in [-0.2, 0) is 28.7 Å². The second-order valence-corrected chi connectivity index (χ2v) is 8.45. The van der Waals surface area contributed by atoms with Gasteiger partial charge in [-0.15, -0.1) is 0 Å². The first-order valence-electron chi connectivity index (χ1n) is 10.2. The molecule has 4 rings (SSSR count). The van der Waals surface area contributed by atoms with Gasteiger partial charge in [-0.05, 0) is 43.7 Å². The standard InChI is InChI=1S/C20H27F3N4O2/c21-20(22,23)14-9-13-12-27(6-2-17(13)25-11-14)18(28)19(24)5-1-16(10-19)26-15-3-7-29-8-4-15/h9,11,15-16,26H,1-8,10,12,24H2/t16-,19-/m1/s1. The zero-order valence-electron chi connectivity index (χ0n) is 16.3. The lowest BCUT2D eigenvalue weighted by molar-refractivity contribution is -0.138. The molecular formula is C20H27F3N4O2. The number of nitrogens with one attached hydrogen (secondary N) is 1. The molecule has 1 aromatic rings. The van der Waals surface area contributed by atoms with Crippen molar-refractivity contribution in [2.45, 2.75) is 68.9 Å². The van der Waals surface area contributed by atoms with Gasteiger partial charge in [-0.25, -0.2) is 0 Å². The maximum atomic E-state index is 13.2. The fraction of sp³-hybridized carbons (Fsp3) is 0.700. The third-order valence-corrected chi connectivity index (χ3v) is 6.32. The summed E-state index contributed by atoms with van der Waals surface area (Å²) in [6.07, 6.45) is 0.730. The number of amides is 1. The third kappa shape index (κ3) is 4.41. The number of fused-ring (bicyclic) bond motifs is 1. The summed E-state index contributed by atoms with van der Waals surface area (Å²) < 4.78 is 44.4. The summed E-state index contributed by atoms with van der Waals surface area (Å²) in [5.74, 6) is -0.170. The number of hydrogen-bond acceptors (Lipinski definition) is 5. The highest BCUT2D eigenvalue weighted by Gasteiger charge is 2.45. The van der Waals surface area contributed by atoms with E-state index in [2.05, 4.69) is 10.3 Å². The van der Waals surface area contributed by atoms with Gasteiger partial charge < -0.3 is 20.7 Å². The minimum atomic E-state index is -4.45. The molecule has 29 heavy (non-hydrogen) atoms. The van der Waals surface area contributed by atoms with E-state index in [4.69, 9.17) is 10.5 Å². The van der Waals surface area contributed by atoms with Crippen molar-refractivity contribution in [3.05, 3.63) is 29.1 Å². The van der Waals surface area contributed by atoms with Crippen molar-refractivity contribution in [2.24, 2.45) is 5.73 Å². The Kier molecular flexibility index (Phi) is 5.56. The van der Waals surface area contributed by atoms with Crippen molar-refractivity contribution < 1.29 is 22.7 Å². The van der Waals surface area contributed by atoms with Crippen LogP contribution in [0, 0.1) is 0 Å². The van der Waals surface area contributed by atoms with Gasteiger partial charge in [0.1, 0.15) is 0 Å². The Morgan fingerprint density at radius 3 is 2.76 bits per heavy atom. The predicted octanol–water partition coefficient (Wildman–Crippen LogP) is 2.00. The van der Waals surface area contributed by atoms with Crippen LogP contribution >= 0.6 is 0 Å². The molecular weight excluding hydrogens is 385 g/mol. The molecule has 0 bridgehead atoms. The van der Waals surface area contributed by atoms with Crippen LogP contribution in [0.1, 0.15) is 48.9 Å². The summed E-state index contributed by atoms with van der Waals surface area (Å²) in [5, 5.41) is 3.60. The van der Waals surface area contributed by atoms with Crippen LogP contribution in [0.2, 0.25) is 0 Å². The normalized spacial score (nSPS) is 28.4. The lowest BCUT2D eigenvalue weighted by atomic mass is 9.94. The number of rotatable bonds is 3. The fourth-order valence-corrected chi connectivity index (χ4v) is 4.68. The number of hydrogen-bond donors (Lipinski definition) is 2. The van der Waals surface area contributed by atoms with Gasteiger partial charge in [0.2, 0.25) is 5.91 Å². The lowest BCUT2D eigenvalue weighted by Gasteiger charge is -2.35. The molecule has 2 aliphatic heterocycles. The molecule has 6 nitrogen and oxygen atoms in total. The Morgan fingerprint density at radius 2 is 2.03 bits per heavy atom. The van der Waals surface area contributed by atoms with E-state index >= 15 is 0 Å². The summed E-state index contributed by atoms with van der Waals surface area (Å²) >= 11 is 0. The van der Waals surface area contributed by atoms with E-state index < -0.39 is 17.3 Å². The Balaban J connectivity index is 1.41. The topological polar surface area (TPSA) is 80.5 Å². The molecule has 0 spiro atoms. The largest absolute Gasteiger partial charge is 0.417 e. The maximum Gasteiger partial charge on any atom is 0.417 e. The van der Waals surface area contributed by atoms with Crippen molar-refractivity contribution in [3.63, 3.8) is 0 Å². The van der Waals surface area contributed by atoms with Crippen molar-refractivity contribution in [3.8, 4) is 0 Å². The second-order valence-electron chi connectivity index (χ2n) is 8.45. The molecule has 0 unspecified atom stereocenters. The molecule has 0 radical (unpaired) electrons. The molecule has 3 heterocycles. The average molecular weight is 412 g/mol. The highest BCUT2D eigenvalue weighted by atomic mass is 19.4. The van der Waals surface area contributed by atoms with E-state index in [9.17, 15) is 18.0 Å². The van der Waals surface area contributed by atoms with Crippen LogP contribution in [0.4, 0.5) is 13.2 Å². The molecule has 2 fully saturated rings. The van der Waals surface area contributed by atoms with E-state index in [0.29, 0.717) is 43.1 Å². The van der Waals surface area contributed by atoms with Crippen LogP contribution in [0.25, 0.3) is 0 Å². The van der Waals surface area contributed by atoms with Crippen LogP contribution in [0.3, 0.4) is 0 Å². The van der Waals surface area contributed by atoms with Gasteiger partial charge in [-0.3, -0.25) is 9.78 Å². The average Bonchev–Trinajstić information content (AvgIpc) is 3.08. The van der Waals surface area contributed by atoms with Crippen molar-refractivity contribution in [1.82, 2.24) is 15.2 Å². The van der Waals surface area contributed by atoms with Gasteiger partial charge in [0.05, 0.1) is 11.1 Å². The number of nitrogens with zero attached hydrogens (tertiary/aromatic N) is 2. The zero-order chi connectivity index (χ0) is 20.6. The number of carbonyl (C=O) groups is 1. The number of carbonyl (C=O) groups excluding carboxylic acids is 1. The predicted molar refractivity (Wildman–Crippen MR) is 99.9 cm³/mol. The summed E-state index contributed by atoms with van der Waals surface area (Å²) in [6.45, 7) is 2.06. The molecule has 9 heteroatoms. The lowest BCUT2D eigenvalue weighted by Crippen LogP contribution is -2.55. The molecule has 1 aromatic heterocycles. The van der Waals surface area contributed by atoms with Gasteiger partial charge in [0, 0.05) is 56.7 Å². The highest BCUT2D eigenvalue weighted by Crippen LogP contribution is 2.34. The minimum Gasteiger partial charge on any atom is -0.381 e. The SMILES string of the molecule is N[C@]1(C(=O)N2CCc3ncc(C(F)(F)F)cc3C2)CC[C@@H](NC2CCOCC2)C1. The van der Waals surface area contributed by atoms with Crippen molar-refractivity contribution in [1.29, 1.82) is 0 Å². The van der Waals surface area contributed by atoms with E-state index in [0.717, 1.165) is 44.7 Å². The number of ether oxygens (including phenoxy) is 1. The first-order valence-corrected chi connectivity index (χ1v) is 10.2. The zero-order valence-corrected chi connectivity index (χ0v) is 16.3. The van der Waals surface area contributed by atoms with Gasteiger partial charge >= 0.3 is 6.18 Å². The third-order valence-electron chi connectivity index (χ3n) is 6.32. The first kappa shape index (κ1) is 20.6. The van der Waals surface area contributed by atoms with Crippen LogP contribution in [0.5, 0.6) is 0 Å². The van der Waals surface area contributed by atoms with Crippen LogP contribution in [0.15, 0.2) is 12.3 Å². The molecule has 2 atom stereocenters. The van der Waals surface area contributed by atoms with E-state index in [-0.39, 0.29) is 18.5 Å². The highest BCUT2D eigenvalue weighted by molar-refractivity contribution is 5.86. The summed E-state index contributed by atoms with van der Waals surface area (Å²) in [7, 11) is 0. The Labute approximate surface area is 168 Å². The minimum absolute atomic E-state index is 0.127. The van der Waals surface area contributed by atoms with E-state index in [1.165, 1.54) is 0 Å². The Morgan fingerprint density at radius 1 is 1.28 bits per heavy atom. The van der Waals surface area contributed by atoms with Crippen LogP contribution < -0.4 is 11.1 Å². The number of halogens is 3. The molecule has 1 aliphatic carbocycles. The number of aromatic nitrogens is 1. The fourth-order valence-electron chi connectivity index (χ4n) is 4.68. The molecule has 1 saturated carbocycles. The van der Waals surface area contributed by atoms with Crippen molar-refractivity contribution in [2.75, 3.05) is 19.8 Å². The number of nitrogens with two attached hydrogens (primary N) is 1.